The largest absolute Gasteiger partial charge is 0.457 e. The lowest BCUT2D eigenvalue weighted by atomic mass is 9.65. The molecule has 0 saturated carbocycles. The van der Waals surface area contributed by atoms with Gasteiger partial charge >= 0.3 is 5.97 Å². The van der Waals surface area contributed by atoms with Crippen LogP contribution >= 0.6 is 0 Å². The van der Waals surface area contributed by atoms with Crippen molar-refractivity contribution < 1.29 is 9.53 Å². The topological polar surface area (TPSA) is 29.5 Å². The van der Waals surface area contributed by atoms with E-state index < -0.39 is 0 Å². The number of esters is 1. The van der Waals surface area contributed by atoms with Gasteiger partial charge in [0.1, 0.15) is 12.1 Å². The third-order valence-corrected chi connectivity index (χ3v) is 7.21. The maximum absolute atomic E-state index is 12.9. The SMILES string of the molecule is CCC=CC1CC(N([B]C(CCCCCCC)CCCCCCC)C(C)(C)CC)C(=O)O1. The van der Waals surface area contributed by atoms with E-state index in [1.165, 1.54) is 77.0 Å². The summed E-state index contributed by atoms with van der Waals surface area (Å²) in [6.45, 7) is 13.5. The summed E-state index contributed by atoms with van der Waals surface area (Å²) in [5.41, 5.74) is -0.0459. The van der Waals surface area contributed by atoms with Gasteiger partial charge in [-0.1, -0.05) is 117 Å². The third-order valence-electron chi connectivity index (χ3n) is 7.21. The normalized spacial score (nSPS) is 19.4. The van der Waals surface area contributed by atoms with E-state index in [-0.39, 0.29) is 23.7 Å². The minimum atomic E-state index is -0.154. The summed E-state index contributed by atoms with van der Waals surface area (Å²) in [7, 11) is 2.46. The van der Waals surface area contributed by atoms with Crippen molar-refractivity contribution in [2.45, 2.75) is 161 Å². The van der Waals surface area contributed by atoms with Crippen LogP contribution in [0.25, 0.3) is 0 Å². The second-order valence-electron chi connectivity index (χ2n) is 10.5. The summed E-state index contributed by atoms with van der Waals surface area (Å²) in [5, 5.41) is 0. The highest BCUT2D eigenvalue weighted by Gasteiger charge is 2.43. The molecule has 1 heterocycles. The zero-order valence-corrected chi connectivity index (χ0v) is 22.3. The van der Waals surface area contributed by atoms with Crippen molar-refractivity contribution in [3.05, 3.63) is 12.2 Å². The number of carbonyl (C=O) groups excluding carboxylic acids is 1. The number of hydrogen-bond acceptors (Lipinski definition) is 3. The summed E-state index contributed by atoms with van der Waals surface area (Å²) in [6, 6.07) is -0.154. The molecular formula is C28H53BNO2. The predicted molar refractivity (Wildman–Crippen MR) is 140 cm³/mol. The standard InChI is InChI=1S/C28H53BNO2/c1-7-11-14-16-18-20-24(21-19-17-15-12-8-2)29-30(28(5,6)10-4)26-23-25(22-13-9-3)32-27(26)31/h13,22,24-26H,7-12,14-21,23H2,1-6H3. The van der Waals surface area contributed by atoms with Gasteiger partial charge < -0.3 is 9.55 Å². The van der Waals surface area contributed by atoms with E-state index in [1.54, 1.807) is 0 Å². The minimum absolute atomic E-state index is 0.0434. The van der Waals surface area contributed by atoms with Crippen LogP contribution in [-0.2, 0) is 9.53 Å². The first-order valence-electron chi connectivity index (χ1n) is 13.9. The van der Waals surface area contributed by atoms with Crippen LogP contribution in [0.1, 0.15) is 138 Å². The summed E-state index contributed by atoms with van der Waals surface area (Å²) in [6.07, 6.45) is 22.6. The van der Waals surface area contributed by atoms with Crippen LogP contribution < -0.4 is 0 Å². The Balaban J connectivity index is 2.84. The van der Waals surface area contributed by atoms with Gasteiger partial charge in [0, 0.05) is 12.0 Å². The number of cyclic esters (lactones) is 1. The molecule has 0 aromatic rings. The Bertz CT molecular complexity index is 506. The lowest BCUT2D eigenvalue weighted by Crippen LogP contribution is -2.54. The maximum atomic E-state index is 12.9. The van der Waals surface area contributed by atoms with Gasteiger partial charge in [-0.15, -0.1) is 0 Å². The van der Waals surface area contributed by atoms with Crippen molar-refractivity contribution in [3.8, 4) is 0 Å². The molecule has 1 aliphatic rings. The zero-order chi connectivity index (χ0) is 23.8. The van der Waals surface area contributed by atoms with E-state index in [9.17, 15) is 4.79 Å². The van der Waals surface area contributed by atoms with E-state index >= 15 is 0 Å². The average molecular weight is 447 g/mol. The van der Waals surface area contributed by atoms with Crippen LogP contribution in [0.15, 0.2) is 12.2 Å². The summed E-state index contributed by atoms with van der Waals surface area (Å²) in [4.78, 5) is 15.3. The van der Waals surface area contributed by atoms with Crippen LogP contribution in [0, 0.1) is 0 Å². The molecule has 32 heavy (non-hydrogen) atoms. The van der Waals surface area contributed by atoms with Crippen LogP contribution in [0.5, 0.6) is 0 Å². The first-order chi connectivity index (χ1) is 15.4. The molecule has 0 spiro atoms. The van der Waals surface area contributed by atoms with Crippen molar-refractivity contribution in [3.63, 3.8) is 0 Å². The Hall–Kier alpha value is -0.765. The fraction of sp³-hybridized carbons (Fsp3) is 0.893. The molecule has 0 aromatic heterocycles. The van der Waals surface area contributed by atoms with E-state index in [0.29, 0.717) is 5.82 Å². The van der Waals surface area contributed by atoms with Gasteiger partial charge in [0.25, 0.3) is 0 Å². The lowest BCUT2D eigenvalue weighted by Gasteiger charge is -2.42. The van der Waals surface area contributed by atoms with E-state index in [2.05, 4.69) is 65.9 Å². The van der Waals surface area contributed by atoms with Gasteiger partial charge in [-0.2, -0.15) is 0 Å². The smallest absolute Gasteiger partial charge is 0.323 e. The van der Waals surface area contributed by atoms with Gasteiger partial charge in [0.15, 0.2) is 0 Å². The highest BCUT2D eigenvalue weighted by atomic mass is 16.6. The Kier molecular flexibility index (Phi) is 15.4. The number of rotatable bonds is 19. The quantitative estimate of drug-likeness (QED) is 0.0865. The summed E-state index contributed by atoms with van der Waals surface area (Å²) >= 11 is 0. The van der Waals surface area contributed by atoms with Gasteiger partial charge in [0.2, 0.25) is 7.41 Å². The molecule has 0 amide bonds. The number of ether oxygens (including phenoxy) is 1. The first kappa shape index (κ1) is 29.3. The molecule has 2 atom stereocenters. The Morgan fingerprint density at radius 3 is 2.03 bits per heavy atom. The minimum Gasteiger partial charge on any atom is -0.457 e. The average Bonchev–Trinajstić information content (AvgIpc) is 3.14. The van der Waals surface area contributed by atoms with Crippen molar-refractivity contribution >= 4 is 13.4 Å². The Labute approximate surface area is 201 Å². The van der Waals surface area contributed by atoms with Crippen molar-refractivity contribution in [1.82, 2.24) is 4.81 Å². The Morgan fingerprint density at radius 1 is 0.969 bits per heavy atom. The second-order valence-corrected chi connectivity index (χ2v) is 10.5. The number of hydrogen-bond donors (Lipinski definition) is 0. The fourth-order valence-electron chi connectivity index (χ4n) is 4.68. The summed E-state index contributed by atoms with van der Waals surface area (Å²) < 4.78 is 5.74. The van der Waals surface area contributed by atoms with Crippen LogP contribution in [-0.4, -0.2) is 35.9 Å². The molecule has 1 aliphatic heterocycles. The number of carbonyl (C=O) groups is 1. The molecular weight excluding hydrogens is 393 g/mol. The molecule has 1 fully saturated rings. The van der Waals surface area contributed by atoms with E-state index in [0.717, 1.165) is 19.3 Å². The van der Waals surface area contributed by atoms with Gasteiger partial charge in [-0.05, 0) is 32.8 Å². The van der Waals surface area contributed by atoms with Crippen LogP contribution in [0.4, 0.5) is 0 Å². The fourth-order valence-corrected chi connectivity index (χ4v) is 4.68. The second kappa shape index (κ2) is 16.8. The molecule has 185 valence electrons. The first-order valence-corrected chi connectivity index (χ1v) is 13.9. The molecule has 0 N–H and O–H groups in total. The molecule has 3 nitrogen and oxygen atoms in total. The number of nitrogens with zero attached hydrogens (tertiary/aromatic N) is 1. The lowest BCUT2D eigenvalue weighted by molar-refractivity contribution is -0.144. The van der Waals surface area contributed by atoms with Crippen LogP contribution in [0.2, 0.25) is 5.82 Å². The van der Waals surface area contributed by atoms with Gasteiger partial charge in [-0.25, -0.2) is 0 Å². The maximum Gasteiger partial charge on any atom is 0.323 e. The highest BCUT2D eigenvalue weighted by Crippen LogP contribution is 2.33. The van der Waals surface area contributed by atoms with Gasteiger partial charge in [-0.3, -0.25) is 4.79 Å². The molecule has 0 aromatic carbocycles. The van der Waals surface area contributed by atoms with Crippen molar-refractivity contribution in [2.24, 2.45) is 0 Å². The molecule has 4 heteroatoms. The zero-order valence-electron chi connectivity index (χ0n) is 22.3. The molecule has 2 unspecified atom stereocenters. The molecule has 1 rings (SSSR count). The molecule has 1 saturated heterocycles. The Morgan fingerprint density at radius 2 is 1.53 bits per heavy atom. The van der Waals surface area contributed by atoms with Crippen LogP contribution in [0.3, 0.4) is 0 Å². The van der Waals surface area contributed by atoms with E-state index in [1.807, 2.05) is 0 Å². The molecule has 1 radical (unpaired) electrons. The number of unbranched alkanes of at least 4 members (excludes halogenated alkanes) is 8. The predicted octanol–water partition coefficient (Wildman–Crippen LogP) is 8.26. The highest BCUT2D eigenvalue weighted by molar-refractivity contribution is 6.35. The van der Waals surface area contributed by atoms with Crippen molar-refractivity contribution in [2.75, 3.05) is 0 Å². The molecule has 0 aliphatic carbocycles. The number of allylic oxidation sites excluding steroid dienone is 1. The third kappa shape index (κ3) is 10.9. The van der Waals surface area contributed by atoms with Crippen molar-refractivity contribution in [1.29, 1.82) is 0 Å². The van der Waals surface area contributed by atoms with Gasteiger partial charge in [0.05, 0.1) is 0 Å². The monoisotopic (exact) mass is 446 g/mol. The van der Waals surface area contributed by atoms with E-state index in [4.69, 9.17) is 4.74 Å². The summed E-state index contributed by atoms with van der Waals surface area (Å²) in [5.74, 6) is 0.514. The molecule has 0 bridgehead atoms.